The Bertz CT molecular complexity index is 427. The summed E-state index contributed by atoms with van der Waals surface area (Å²) in [6.07, 6.45) is 4.79. The van der Waals surface area contributed by atoms with Crippen LogP contribution in [0.1, 0.15) is 25.7 Å². The van der Waals surface area contributed by atoms with E-state index in [4.69, 9.17) is 11.6 Å². The molecule has 104 valence electrons. The Morgan fingerprint density at radius 2 is 2.11 bits per heavy atom. The summed E-state index contributed by atoms with van der Waals surface area (Å²) in [5.74, 6) is 0.781. The van der Waals surface area contributed by atoms with E-state index in [2.05, 4.69) is 20.4 Å². The van der Waals surface area contributed by atoms with Gasteiger partial charge < -0.3 is 10.4 Å². The molecule has 2 N–H and O–H groups in total. The monoisotopic (exact) mass is 282 g/mol. The van der Waals surface area contributed by atoms with E-state index in [9.17, 15) is 5.11 Å². The summed E-state index contributed by atoms with van der Waals surface area (Å²) in [7, 11) is 0. The number of halogens is 1. The Balaban J connectivity index is 1.69. The Labute approximate surface area is 118 Å². The van der Waals surface area contributed by atoms with E-state index in [0.717, 1.165) is 18.8 Å². The highest BCUT2D eigenvalue weighted by atomic mass is 35.5. The fourth-order valence-corrected chi connectivity index (χ4v) is 3.59. The molecule has 2 fully saturated rings. The molecule has 6 heteroatoms. The third-order valence-corrected chi connectivity index (χ3v) is 4.49. The molecule has 0 amide bonds. The topological polar surface area (TPSA) is 61.3 Å². The van der Waals surface area contributed by atoms with Gasteiger partial charge in [0.15, 0.2) is 5.15 Å². The number of hydrogen-bond donors (Lipinski definition) is 2. The van der Waals surface area contributed by atoms with Crippen molar-refractivity contribution in [3.63, 3.8) is 0 Å². The Hall–Kier alpha value is -0.910. The highest BCUT2D eigenvalue weighted by molar-refractivity contribution is 6.29. The van der Waals surface area contributed by atoms with Gasteiger partial charge in [-0.15, -0.1) is 10.2 Å². The molecule has 2 aliphatic heterocycles. The minimum Gasteiger partial charge on any atom is -0.395 e. The first-order valence-electron chi connectivity index (χ1n) is 6.90. The molecule has 0 saturated carbocycles. The average Bonchev–Trinajstić information content (AvgIpc) is 2.69. The summed E-state index contributed by atoms with van der Waals surface area (Å²) in [5, 5.41) is 21.0. The molecular weight excluding hydrogens is 264 g/mol. The van der Waals surface area contributed by atoms with E-state index in [1.165, 1.54) is 19.3 Å². The largest absolute Gasteiger partial charge is 0.395 e. The van der Waals surface area contributed by atoms with Crippen LogP contribution in [0.4, 0.5) is 5.82 Å². The number of aliphatic hydroxyl groups is 1. The molecule has 19 heavy (non-hydrogen) atoms. The zero-order chi connectivity index (χ0) is 13.2. The van der Waals surface area contributed by atoms with Gasteiger partial charge >= 0.3 is 0 Å². The van der Waals surface area contributed by atoms with Gasteiger partial charge in [-0.3, -0.25) is 4.90 Å². The number of aliphatic hydroxyl groups excluding tert-OH is 1. The van der Waals surface area contributed by atoms with Crippen LogP contribution in [0.25, 0.3) is 0 Å². The maximum atomic E-state index is 9.19. The highest BCUT2D eigenvalue weighted by Crippen LogP contribution is 2.36. The SMILES string of the molecule is OCCN1C2CCC(Nc3ccc(Cl)nn3)C1CC2. The van der Waals surface area contributed by atoms with Crippen LogP contribution in [0, 0.1) is 0 Å². The lowest BCUT2D eigenvalue weighted by molar-refractivity contribution is 0.102. The predicted octanol–water partition coefficient (Wildman–Crippen LogP) is 1.53. The summed E-state index contributed by atoms with van der Waals surface area (Å²) < 4.78 is 0. The van der Waals surface area contributed by atoms with Crippen LogP contribution >= 0.6 is 11.6 Å². The van der Waals surface area contributed by atoms with Gasteiger partial charge in [-0.25, -0.2) is 0 Å². The van der Waals surface area contributed by atoms with Crippen LogP contribution in [0.15, 0.2) is 12.1 Å². The number of aromatic nitrogens is 2. The molecule has 0 aliphatic carbocycles. The molecule has 2 bridgehead atoms. The number of anilines is 1. The fraction of sp³-hybridized carbons (Fsp3) is 0.692. The minimum atomic E-state index is 0.237. The third-order valence-electron chi connectivity index (χ3n) is 4.29. The zero-order valence-corrected chi connectivity index (χ0v) is 11.6. The molecule has 1 aromatic heterocycles. The van der Waals surface area contributed by atoms with Crippen molar-refractivity contribution in [2.24, 2.45) is 0 Å². The molecule has 0 aromatic carbocycles. The number of fused-ring (bicyclic) bond motifs is 2. The summed E-state index contributed by atoms with van der Waals surface area (Å²) in [4.78, 5) is 2.45. The Morgan fingerprint density at radius 1 is 1.26 bits per heavy atom. The van der Waals surface area contributed by atoms with Gasteiger partial charge in [-0.05, 0) is 37.8 Å². The second kappa shape index (κ2) is 5.61. The Kier molecular flexibility index (Phi) is 3.86. The number of rotatable bonds is 4. The van der Waals surface area contributed by atoms with Crippen molar-refractivity contribution in [3.05, 3.63) is 17.3 Å². The Morgan fingerprint density at radius 3 is 2.84 bits per heavy atom. The lowest BCUT2D eigenvalue weighted by Gasteiger charge is -2.40. The van der Waals surface area contributed by atoms with E-state index in [1.54, 1.807) is 6.07 Å². The van der Waals surface area contributed by atoms with Crippen molar-refractivity contribution >= 4 is 17.4 Å². The molecule has 3 unspecified atom stereocenters. The first kappa shape index (κ1) is 13.1. The second-order valence-electron chi connectivity index (χ2n) is 5.33. The molecule has 2 aliphatic rings. The number of nitrogens with zero attached hydrogens (tertiary/aromatic N) is 3. The first-order valence-corrected chi connectivity index (χ1v) is 7.28. The lowest BCUT2D eigenvalue weighted by Crippen LogP contribution is -2.51. The van der Waals surface area contributed by atoms with Crippen LogP contribution in [-0.4, -0.2) is 51.5 Å². The smallest absolute Gasteiger partial charge is 0.151 e. The van der Waals surface area contributed by atoms with Crippen molar-refractivity contribution in [2.75, 3.05) is 18.5 Å². The van der Waals surface area contributed by atoms with Crippen LogP contribution in [0.5, 0.6) is 0 Å². The van der Waals surface area contributed by atoms with Gasteiger partial charge in [0.25, 0.3) is 0 Å². The molecule has 3 atom stereocenters. The van der Waals surface area contributed by atoms with Crippen molar-refractivity contribution in [1.82, 2.24) is 15.1 Å². The normalized spacial score (nSPS) is 30.5. The molecular formula is C13H19ClN4O. The molecule has 3 rings (SSSR count). The van der Waals surface area contributed by atoms with E-state index in [-0.39, 0.29) is 6.61 Å². The number of hydrogen-bond acceptors (Lipinski definition) is 5. The number of piperidine rings is 1. The lowest BCUT2D eigenvalue weighted by atomic mass is 9.97. The highest BCUT2D eigenvalue weighted by Gasteiger charge is 2.41. The fourth-order valence-electron chi connectivity index (χ4n) is 3.49. The van der Waals surface area contributed by atoms with Gasteiger partial charge in [-0.1, -0.05) is 11.6 Å². The van der Waals surface area contributed by atoms with Crippen molar-refractivity contribution in [3.8, 4) is 0 Å². The standard InChI is InChI=1S/C13H19ClN4O/c14-12-5-6-13(17-16-12)15-10-3-1-9-2-4-11(10)18(9)7-8-19/h5-6,9-11,19H,1-4,7-8H2,(H,15,17). The van der Waals surface area contributed by atoms with Crippen LogP contribution < -0.4 is 5.32 Å². The quantitative estimate of drug-likeness (QED) is 0.877. The molecule has 2 saturated heterocycles. The van der Waals surface area contributed by atoms with E-state index in [0.29, 0.717) is 23.3 Å². The third kappa shape index (κ3) is 2.68. The van der Waals surface area contributed by atoms with Crippen molar-refractivity contribution in [1.29, 1.82) is 0 Å². The van der Waals surface area contributed by atoms with Crippen LogP contribution in [-0.2, 0) is 0 Å². The summed E-state index contributed by atoms with van der Waals surface area (Å²) in [6.45, 7) is 1.01. The molecule has 3 heterocycles. The molecule has 0 radical (unpaired) electrons. The van der Waals surface area contributed by atoms with E-state index < -0.39 is 0 Å². The zero-order valence-electron chi connectivity index (χ0n) is 10.8. The van der Waals surface area contributed by atoms with Gasteiger partial charge in [0.2, 0.25) is 0 Å². The summed E-state index contributed by atoms with van der Waals surface area (Å²) in [5.41, 5.74) is 0. The predicted molar refractivity (Wildman–Crippen MR) is 74.3 cm³/mol. The summed E-state index contributed by atoms with van der Waals surface area (Å²) in [6, 6.07) is 5.17. The van der Waals surface area contributed by atoms with Gasteiger partial charge in [0, 0.05) is 24.7 Å². The second-order valence-corrected chi connectivity index (χ2v) is 5.72. The number of nitrogens with one attached hydrogen (secondary N) is 1. The minimum absolute atomic E-state index is 0.237. The first-order chi connectivity index (χ1) is 9.28. The van der Waals surface area contributed by atoms with Gasteiger partial charge in [0.05, 0.1) is 6.61 Å². The van der Waals surface area contributed by atoms with Crippen molar-refractivity contribution < 1.29 is 5.11 Å². The molecule has 5 nitrogen and oxygen atoms in total. The van der Waals surface area contributed by atoms with E-state index in [1.807, 2.05) is 6.07 Å². The maximum absolute atomic E-state index is 9.19. The van der Waals surface area contributed by atoms with Crippen molar-refractivity contribution in [2.45, 2.75) is 43.8 Å². The summed E-state index contributed by atoms with van der Waals surface area (Å²) >= 11 is 5.74. The van der Waals surface area contributed by atoms with E-state index >= 15 is 0 Å². The van der Waals surface area contributed by atoms with Gasteiger partial charge in [-0.2, -0.15) is 0 Å². The average molecular weight is 283 g/mol. The molecule has 0 spiro atoms. The maximum Gasteiger partial charge on any atom is 0.151 e. The van der Waals surface area contributed by atoms with Gasteiger partial charge in [0.1, 0.15) is 5.82 Å². The molecule has 1 aromatic rings. The van der Waals surface area contributed by atoms with Crippen LogP contribution in [0.2, 0.25) is 5.15 Å². The van der Waals surface area contributed by atoms with Crippen LogP contribution in [0.3, 0.4) is 0 Å².